The monoisotopic (exact) mass is 264 g/mol. The minimum Gasteiger partial charge on any atom is -0.356 e. The molecule has 0 atom stereocenters. The quantitative estimate of drug-likeness (QED) is 0.899. The minimum absolute atomic E-state index is 0.0451. The second-order valence-electron chi connectivity index (χ2n) is 4.60. The van der Waals surface area contributed by atoms with Crippen molar-refractivity contribution < 1.29 is 4.79 Å². The fourth-order valence-electron chi connectivity index (χ4n) is 2.27. The average molecular weight is 264 g/mol. The number of hydrogen-bond acceptors (Lipinski definition) is 4. The molecule has 1 amide bonds. The summed E-state index contributed by atoms with van der Waals surface area (Å²) in [7, 11) is 0. The molecule has 1 aromatic heterocycles. The third-order valence-corrected chi connectivity index (χ3v) is 3.20. The lowest BCUT2D eigenvalue weighted by Gasteiger charge is -2.31. The summed E-state index contributed by atoms with van der Waals surface area (Å²) in [5, 5.41) is 11.8. The van der Waals surface area contributed by atoms with Crippen molar-refractivity contribution in [2.45, 2.75) is 6.54 Å². The average Bonchev–Trinajstić information content (AvgIpc) is 2.48. The van der Waals surface area contributed by atoms with Crippen LogP contribution in [0.5, 0.6) is 0 Å². The van der Waals surface area contributed by atoms with E-state index in [0.29, 0.717) is 12.1 Å². The summed E-state index contributed by atoms with van der Waals surface area (Å²) in [5.74, 6) is -0.0451. The highest BCUT2D eigenvalue weighted by Gasteiger charge is 2.22. The third-order valence-electron chi connectivity index (χ3n) is 3.20. The summed E-state index contributed by atoms with van der Waals surface area (Å²) in [4.78, 5) is 17.7. The van der Waals surface area contributed by atoms with E-state index in [0.717, 1.165) is 16.9 Å². The number of carbonyl (C=O) groups excluding carboxylic acids is 1. The van der Waals surface area contributed by atoms with Crippen molar-refractivity contribution in [2.24, 2.45) is 0 Å². The number of amides is 1. The molecule has 5 nitrogen and oxygen atoms in total. The van der Waals surface area contributed by atoms with Crippen LogP contribution in [0.1, 0.15) is 11.1 Å². The molecule has 0 bridgehead atoms. The molecule has 0 unspecified atom stereocenters. The van der Waals surface area contributed by atoms with Gasteiger partial charge in [-0.05, 0) is 35.9 Å². The molecule has 2 aromatic rings. The highest BCUT2D eigenvalue weighted by molar-refractivity contribution is 6.01. The lowest BCUT2D eigenvalue weighted by molar-refractivity contribution is -0.115. The number of hydrogen-bond donors (Lipinski definition) is 1. The van der Waals surface area contributed by atoms with E-state index in [9.17, 15) is 4.79 Å². The van der Waals surface area contributed by atoms with Crippen molar-refractivity contribution in [3.8, 4) is 6.07 Å². The molecule has 0 fully saturated rings. The Labute approximate surface area is 116 Å². The molecular weight excluding hydrogens is 252 g/mol. The van der Waals surface area contributed by atoms with Gasteiger partial charge < -0.3 is 10.2 Å². The number of fused-ring (bicyclic) bond motifs is 1. The van der Waals surface area contributed by atoms with Crippen molar-refractivity contribution in [3.05, 3.63) is 53.9 Å². The number of nitrogens with zero attached hydrogens (tertiary/aromatic N) is 3. The summed E-state index contributed by atoms with van der Waals surface area (Å²) in [6.07, 6.45) is 3.46. The maximum atomic E-state index is 11.8. The summed E-state index contributed by atoms with van der Waals surface area (Å²) < 4.78 is 0. The first-order valence-electron chi connectivity index (χ1n) is 6.24. The maximum Gasteiger partial charge on any atom is 0.243 e. The van der Waals surface area contributed by atoms with Crippen LogP contribution in [0.3, 0.4) is 0 Å². The first-order valence-corrected chi connectivity index (χ1v) is 6.24. The van der Waals surface area contributed by atoms with Gasteiger partial charge in [-0.25, -0.2) is 0 Å². The van der Waals surface area contributed by atoms with E-state index in [1.165, 1.54) is 0 Å². The number of benzene rings is 1. The van der Waals surface area contributed by atoms with E-state index in [2.05, 4.69) is 16.4 Å². The van der Waals surface area contributed by atoms with Crippen LogP contribution >= 0.6 is 0 Å². The fraction of sp³-hybridized carbons (Fsp3) is 0.133. The largest absolute Gasteiger partial charge is 0.356 e. The highest BCUT2D eigenvalue weighted by Crippen LogP contribution is 2.31. The van der Waals surface area contributed by atoms with E-state index in [4.69, 9.17) is 5.26 Å². The number of carbonyl (C=O) groups is 1. The zero-order chi connectivity index (χ0) is 13.9. The Morgan fingerprint density at radius 3 is 2.85 bits per heavy atom. The van der Waals surface area contributed by atoms with Gasteiger partial charge in [-0.15, -0.1) is 0 Å². The van der Waals surface area contributed by atoms with Crippen molar-refractivity contribution in [1.29, 1.82) is 5.26 Å². The normalized spacial score (nSPS) is 13.3. The lowest BCUT2D eigenvalue weighted by Crippen LogP contribution is -2.37. The van der Waals surface area contributed by atoms with Crippen molar-refractivity contribution >= 4 is 17.3 Å². The van der Waals surface area contributed by atoms with Crippen molar-refractivity contribution in [3.63, 3.8) is 0 Å². The molecule has 1 aliphatic rings. The predicted octanol–water partition coefficient (Wildman–Crippen LogP) is 1.91. The van der Waals surface area contributed by atoms with Gasteiger partial charge in [0.25, 0.3) is 0 Å². The van der Waals surface area contributed by atoms with Gasteiger partial charge in [-0.2, -0.15) is 5.26 Å². The SMILES string of the molecule is N#Cc1ccc2c(c1)N(Cc1ccncc1)CC(=O)N2. The van der Waals surface area contributed by atoms with Crippen LogP contribution in [-0.2, 0) is 11.3 Å². The van der Waals surface area contributed by atoms with Crippen LogP contribution in [0.25, 0.3) is 0 Å². The number of rotatable bonds is 2. The highest BCUT2D eigenvalue weighted by atomic mass is 16.2. The zero-order valence-corrected chi connectivity index (χ0v) is 10.7. The first-order chi connectivity index (χ1) is 9.76. The van der Waals surface area contributed by atoms with Crippen LogP contribution < -0.4 is 10.2 Å². The van der Waals surface area contributed by atoms with E-state index in [1.54, 1.807) is 30.6 Å². The molecule has 1 N–H and O–H groups in total. The van der Waals surface area contributed by atoms with E-state index in [-0.39, 0.29) is 12.5 Å². The van der Waals surface area contributed by atoms with Gasteiger partial charge in [0, 0.05) is 18.9 Å². The standard InChI is InChI=1S/C15H12N4O/c16-8-12-1-2-13-14(7-12)19(10-15(20)18-13)9-11-3-5-17-6-4-11/h1-7H,9-10H2,(H,18,20). The van der Waals surface area contributed by atoms with E-state index < -0.39 is 0 Å². The molecule has 5 heteroatoms. The molecule has 0 saturated carbocycles. The Morgan fingerprint density at radius 1 is 1.30 bits per heavy atom. The predicted molar refractivity (Wildman–Crippen MR) is 75.1 cm³/mol. The summed E-state index contributed by atoms with van der Waals surface area (Å²) >= 11 is 0. The molecule has 0 radical (unpaired) electrons. The van der Waals surface area contributed by atoms with Crippen LogP contribution in [0, 0.1) is 11.3 Å². The second kappa shape index (κ2) is 5.02. The number of aromatic nitrogens is 1. The van der Waals surface area contributed by atoms with Crippen LogP contribution in [0.15, 0.2) is 42.7 Å². The molecule has 0 spiro atoms. The summed E-state index contributed by atoms with van der Waals surface area (Å²) in [6.45, 7) is 0.891. The molecule has 98 valence electrons. The fourth-order valence-corrected chi connectivity index (χ4v) is 2.27. The number of nitriles is 1. The van der Waals surface area contributed by atoms with Crippen LogP contribution in [0.4, 0.5) is 11.4 Å². The van der Waals surface area contributed by atoms with Gasteiger partial charge in [0.2, 0.25) is 5.91 Å². The minimum atomic E-state index is -0.0451. The Morgan fingerprint density at radius 2 is 2.10 bits per heavy atom. The number of anilines is 2. The van der Waals surface area contributed by atoms with Gasteiger partial charge in [-0.3, -0.25) is 9.78 Å². The topological polar surface area (TPSA) is 69.0 Å². The maximum absolute atomic E-state index is 11.8. The molecular formula is C15H12N4O. The van der Waals surface area contributed by atoms with Gasteiger partial charge >= 0.3 is 0 Å². The lowest BCUT2D eigenvalue weighted by atomic mass is 10.1. The molecule has 1 aromatic carbocycles. The molecule has 0 saturated heterocycles. The summed E-state index contributed by atoms with van der Waals surface area (Å²) in [6, 6.07) is 11.2. The van der Waals surface area contributed by atoms with Crippen LogP contribution in [0.2, 0.25) is 0 Å². The Hall–Kier alpha value is -2.87. The Balaban J connectivity index is 1.96. The molecule has 3 rings (SSSR count). The first kappa shape index (κ1) is 12.2. The molecule has 0 aliphatic carbocycles. The second-order valence-corrected chi connectivity index (χ2v) is 4.60. The molecule has 20 heavy (non-hydrogen) atoms. The zero-order valence-electron chi connectivity index (χ0n) is 10.7. The molecule has 1 aliphatic heterocycles. The van der Waals surface area contributed by atoms with E-state index >= 15 is 0 Å². The Bertz CT molecular complexity index is 691. The van der Waals surface area contributed by atoms with Gasteiger partial charge in [0.1, 0.15) is 0 Å². The third kappa shape index (κ3) is 2.31. The Kier molecular flexibility index (Phi) is 3.05. The number of nitrogens with one attached hydrogen (secondary N) is 1. The van der Waals surface area contributed by atoms with E-state index in [1.807, 2.05) is 17.0 Å². The number of pyridine rings is 1. The smallest absolute Gasteiger partial charge is 0.243 e. The van der Waals surface area contributed by atoms with Gasteiger partial charge in [-0.1, -0.05) is 0 Å². The van der Waals surface area contributed by atoms with Gasteiger partial charge in [0.15, 0.2) is 0 Å². The molecule has 2 heterocycles. The van der Waals surface area contributed by atoms with Gasteiger partial charge in [0.05, 0.1) is 29.6 Å². The van der Waals surface area contributed by atoms with Crippen molar-refractivity contribution in [2.75, 3.05) is 16.8 Å². The summed E-state index contributed by atoms with van der Waals surface area (Å²) in [5.41, 5.74) is 3.28. The van der Waals surface area contributed by atoms with Crippen molar-refractivity contribution in [1.82, 2.24) is 4.98 Å². The van der Waals surface area contributed by atoms with Crippen LogP contribution in [-0.4, -0.2) is 17.4 Å².